The molecule has 0 fully saturated rings. The second kappa shape index (κ2) is 3.58. The van der Waals surface area contributed by atoms with Crippen LogP contribution in [0, 0.1) is 0 Å². The molecule has 0 aliphatic heterocycles. The van der Waals surface area contributed by atoms with Gasteiger partial charge in [0, 0.05) is 5.56 Å². The monoisotopic (exact) mass is 171 g/mol. The first-order valence-electron chi connectivity index (χ1n) is 3.10. The van der Waals surface area contributed by atoms with Gasteiger partial charge in [-0.05, 0) is 4.57 Å². The zero-order valence-electron chi connectivity index (χ0n) is 5.71. The van der Waals surface area contributed by atoms with Gasteiger partial charge in [0.15, 0.2) is 0 Å². The highest BCUT2D eigenvalue weighted by molar-refractivity contribution is 7.38. The van der Waals surface area contributed by atoms with Crippen LogP contribution >= 0.6 is 8.03 Å². The number of benzene rings is 1. The summed E-state index contributed by atoms with van der Waals surface area (Å²) in [5, 5.41) is 9.06. The number of aliphatic hydroxyl groups is 1. The van der Waals surface area contributed by atoms with Gasteiger partial charge in [-0.3, -0.25) is 0 Å². The maximum absolute atomic E-state index is 10.4. The topological polar surface area (TPSA) is 57.5 Å². The average molecular weight is 171 g/mol. The molecule has 3 nitrogen and oxygen atoms in total. The Hall–Kier alpha value is -0.760. The molecular weight excluding hydrogens is 163 g/mol. The van der Waals surface area contributed by atoms with Crippen LogP contribution in [0.1, 0.15) is 11.4 Å². The summed E-state index contributed by atoms with van der Waals surface area (Å²) < 4.78 is 10.4. The Morgan fingerprint density at radius 2 is 1.82 bits per heavy atom. The molecule has 1 aromatic rings. The molecule has 0 aliphatic carbocycles. The molecule has 1 aromatic carbocycles. The van der Waals surface area contributed by atoms with Gasteiger partial charge in [0.25, 0.3) is 0 Å². The van der Waals surface area contributed by atoms with E-state index in [2.05, 4.69) is 0 Å². The Labute approximate surface area is 65.2 Å². The first-order valence-corrected chi connectivity index (χ1v) is 4.38. The molecule has 0 saturated heterocycles. The van der Waals surface area contributed by atoms with E-state index >= 15 is 0 Å². The minimum atomic E-state index is -2.53. The lowest BCUT2D eigenvalue weighted by molar-refractivity contribution is 0.243. The van der Waals surface area contributed by atoms with E-state index in [1.807, 2.05) is 0 Å². The Morgan fingerprint density at radius 3 is 2.27 bits per heavy atom. The molecule has 0 saturated carbocycles. The van der Waals surface area contributed by atoms with Crippen LogP contribution in [0.5, 0.6) is 0 Å². The van der Waals surface area contributed by atoms with Gasteiger partial charge in [-0.25, -0.2) is 0 Å². The largest absolute Gasteiger partial charge is 0.542 e. The van der Waals surface area contributed by atoms with E-state index in [1.165, 1.54) is 0 Å². The molecule has 0 heterocycles. The standard InChI is InChI=1S/C7H7O3P/c8-7(11(9)10)6-4-2-1-3-5-6/h1-5,7-8H/p+1/t7-/m0/s1. The van der Waals surface area contributed by atoms with E-state index in [4.69, 9.17) is 10.00 Å². The van der Waals surface area contributed by atoms with Crippen molar-refractivity contribution in [1.82, 2.24) is 0 Å². The van der Waals surface area contributed by atoms with Crippen LogP contribution in [-0.2, 0) is 4.57 Å². The molecule has 2 atom stereocenters. The molecule has 11 heavy (non-hydrogen) atoms. The zero-order valence-corrected chi connectivity index (χ0v) is 6.61. The average Bonchev–Trinajstić information content (AvgIpc) is 2.05. The van der Waals surface area contributed by atoms with Crippen LogP contribution in [0.4, 0.5) is 0 Å². The Balaban J connectivity index is 2.85. The second-order valence-corrected chi connectivity index (χ2v) is 3.18. The predicted octanol–water partition coefficient (Wildman–Crippen LogP) is 1.41. The van der Waals surface area contributed by atoms with Crippen molar-refractivity contribution in [1.29, 1.82) is 0 Å². The van der Waals surface area contributed by atoms with E-state index in [9.17, 15) is 4.57 Å². The fourth-order valence-corrected chi connectivity index (χ4v) is 1.18. The van der Waals surface area contributed by atoms with Gasteiger partial charge in [-0.1, -0.05) is 30.3 Å². The molecule has 1 rings (SSSR count). The molecular formula is C7H8O3P+. The number of aliphatic hydroxyl groups excluding tert-OH is 1. The van der Waals surface area contributed by atoms with E-state index < -0.39 is 13.9 Å². The Bertz CT molecular complexity index is 247. The smallest absolute Gasteiger partial charge is 0.345 e. The Kier molecular flexibility index (Phi) is 2.71. The fraction of sp³-hybridized carbons (Fsp3) is 0.143. The van der Waals surface area contributed by atoms with Crippen LogP contribution in [0.15, 0.2) is 30.3 Å². The van der Waals surface area contributed by atoms with E-state index in [-0.39, 0.29) is 0 Å². The summed E-state index contributed by atoms with van der Waals surface area (Å²) in [7, 11) is -2.53. The van der Waals surface area contributed by atoms with Gasteiger partial charge in [-0.2, -0.15) is 4.89 Å². The summed E-state index contributed by atoms with van der Waals surface area (Å²) in [6.07, 6.45) is 0. The summed E-state index contributed by atoms with van der Waals surface area (Å²) in [5.74, 6) is -1.26. The van der Waals surface area contributed by atoms with Crippen LogP contribution in [-0.4, -0.2) is 10.00 Å². The summed E-state index contributed by atoms with van der Waals surface area (Å²) in [6.45, 7) is 0. The lowest BCUT2D eigenvalue weighted by Crippen LogP contribution is -1.89. The number of hydrogen-bond donors (Lipinski definition) is 2. The van der Waals surface area contributed by atoms with Gasteiger partial charge >= 0.3 is 13.9 Å². The van der Waals surface area contributed by atoms with Crippen molar-refractivity contribution in [2.24, 2.45) is 0 Å². The SMILES string of the molecule is O=[P+](O)[C@H](O)c1ccccc1. The molecule has 4 heteroatoms. The third-order valence-corrected chi connectivity index (χ3v) is 2.02. The molecule has 0 radical (unpaired) electrons. The molecule has 0 aromatic heterocycles. The van der Waals surface area contributed by atoms with Gasteiger partial charge in [-0.15, -0.1) is 0 Å². The van der Waals surface area contributed by atoms with Crippen molar-refractivity contribution in [3.05, 3.63) is 35.9 Å². The van der Waals surface area contributed by atoms with Crippen LogP contribution in [0.3, 0.4) is 0 Å². The minimum Gasteiger partial charge on any atom is -0.345 e. The second-order valence-electron chi connectivity index (χ2n) is 2.09. The highest BCUT2D eigenvalue weighted by atomic mass is 31.1. The van der Waals surface area contributed by atoms with Crippen molar-refractivity contribution in [3.8, 4) is 0 Å². The van der Waals surface area contributed by atoms with E-state index in [0.29, 0.717) is 5.56 Å². The summed E-state index contributed by atoms with van der Waals surface area (Å²) in [4.78, 5) is 8.53. The maximum Gasteiger partial charge on any atom is 0.542 e. The Morgan fingerprint density at radius 1 is 1.27 bits per heavy atom. The lowest BCUT2D eigenvalue weighted by atomic mass is 10.2. The van der Waals surface area contributed by atoms with Gasteiger partial charge in [0.2, 0.25) is 0 Å². The molecule has 1 unspecified atom stereocenters. The van der Waals surface area contributed by atoms with Gasteiger partial charge in [0.05, 0.1) is 0 Å². The molecule has 0 amide bonds. The van der Waals surface area contributed by atoms with E-state index in [0.717, 1.165) is 0 Å². The highest BCUT2D eigenvalue weighted by Crippen LogP contribution is 2.34. The number of hydrogen-bond acceptors (Lipinski definition) is 2. The third-order valence-electron chi connectivity index (χ3n) is 1.31. The maximum atomic E-state index is 10.4. The fourth-order valence-electron chi connectivity index (χ4n) is 0.753. The number of rotatable bonds is 2. The molecule has 0 bridgehead atoms. The molecule has 0 spiro atoms. The van der Waals surface area contributed by atoms with E-state index in [1.54, 1.807) is 30.3 Å². The predicted molar refractivity (Wildman–Crippen MR) is 41.2 cm³/mol. The normalized spacial score (nSPS) is 14.2. The third kappa shape index (κ3) is 2.09. The zero-order chi connectivity index (χ0) is 8.27. The molecule has 0 aliphatic rings. The first-order chi connectivity index (χ1) is 5.22. The van der Waals surface area contributed by atoms with Crippen molar-refractivity contribution in [2.75, 3.05) is 0 Å². The summed E-state index contributed by atoms with van der Waals surface area (Å²) >= 11 is 0. The first kappa shape index (κ1) is 8.34. The van der Waals surface area contributed by atoms with Gasteiger partial charge in [0.1, 0.15) is 0 Å². The van der Waals surface area contributed by atoms with Crippen molar-refractivity contribution < 1.29 is 14.6 Å². The minimum absolute atomic E-state index is 0.469. The highest BCUT2D eigenvalue weighted by Gasteiger charge is 2.27. The van der Waals surface area contributed by atoms with Gasteiger partial charge < -0.3 is 5.11 Å². The lowest BCUT2D eigenvalue weighted by Gasteiger charge is -1.94. The summed E-state index contributed by atoms with van der Waals surface area (Å²) in [6, 6.07) is 8.40. The summed E-state index contributed by atoms with van der Waals surface area (Å²) in [5.41, 5.74) is 0.469. The van der Waals surface area contributed by atoms with Crippen molar-refractivity contribution in [3.63, 3.8) is 0 Å². The van der Waals surface area contributed by atoms with Crippen molar-refractivity contribution in [2.45, 2.75) is 5.85 Å². The molecule has 2 N–H and O–H groups in total. The quantitative estimate of drug-likeness (QED) is 0.661. The van der Waals surface area contributed by atoms with Crippen LogP contribution < -0.4 is 0 Å². The van der Waals surface area contributed by atoms with Crippen LogP contribution in [0.2, 0.25) is 0 Å². The van der Waals surface area contributed by atoms with Crippen LogP contribution in [0.25, 0.3) is 0 Å². The molecule has 58 valence electrons. The van der Waals surface area contributed by atoms with Crippen molar-refractivity contribution >= 4 is 8.03 Å².